The van der Waals surface area contributed by atoms with Gasteiger partial charge in [0.15, 0.2) is 0 Å². The van der Waals surface area contributed by atoms with E-state index in [-0.39, 0.29) is 0 Å². The fourth-order valence-electron chi connectivity index (χ4n) is 2.36. The van der Waals surface area contributed by atoms with Crippen molar-refractivity contribution in [3.8, 4) is 0 Å². The summed E-state index contributed by atoms with van der Waals surface area (Å²) in [5.41, 5.74) is 0. The summed E-state index contributed by atoms with van der Waals surface area (Å²) in [6, 6.07) is 0. The maximum atomic E-state index is 3.94. The quantitative estimate of drug-likeness (QED) is 0.568. The van der Waals surface area contributed by atoms with Gasteiger partial charge in [-0.15, -0.1) is 0 Å². The van der Waals surface area contributed by atoms with E-state index in [1.165, 1.54) is 25.7 Å². The van der Waals surface area contributed by atoms with Crippen LogP contribution in [-0.2, 0) is 0 Å². The Kier molecular flexibility index (Phi) is 3.42. The van der Waals surface area contributed by atoms with Crippen LogP contribution >= 0.6 is 0 Å². The highest BCUT2D eigenvalue weighted by atomic mass is 14.3. The summed E-state index contributed by atoms with van der Waals surface area (Å²) < 4.78 is 0. The SMILES string of the molecule is [CH2]CCC1CCCC(C)C1C. The van der Waals surface area contributed by atoms with Crippen LogP contribution in [0.15, 0.2) is 0 Å². The van der Waals surface area contributed by atoms with Gasteiger partial charge in [0.25, 0.3) is 0 Å². The van der Waals surface area contributed by atoms with Crippen LogP contribution in [0.4, 0.5) is 0 Å². The van der Waals surface area contributed by atoms with Crippen molar-refractivity contribution in [2.45, 2.75) is 46.0 Å². The average molecular weight is 153 g/mol. The third kappa shape index (κ3) is 2.21. The van der Waals surface area contributed by atoms with Crippen molar-refractivity contribution in [2.75, 3.05) is 0 Å². The first-order chi connectivity index (χ1) is 5.25. The van der Waals surface area contributed by atoms with Crippen LogP contribution < -0.4 is 0 Å². The first-order valence-corrected chi connectivity index (χ1v) is 5.05. The molecule has 1 saturated carbocycles. The lowest BCUT2D eigenvalue weighted by molar-refractivity contribution is 0.173. The normalized spacial score (nSPS) is 39.0. The molecule has 0 amide bonds. The Hall–Kier alpha value is 0. The summed E-state index contributed by atoms with van der Waals surface area (Å²) in [7, 11) is 0. The van der Waals surface area contributed by atoms with Crippen LogP contribution in [0.1, 0.15) is 46.0 Å². The van der Waals surface area contributed by atoms with Crippen molar-refractivity contribution >= 4 is 0 Å². The van der Waals surface area contributed by atoms with Gasteiger partial charge in [0.1, 0.15) is 0 Å². The Morgan fingerprint density at radius 2 is 2.00 bits per heavy atom. The van der Waals surface area contributed by atoms with Gasteiger partial charge < -0.3 is 0 Å². The molecule has 1 aliphatic rings. The zero-order valence-corrected chi connectivity index (χ0v) is 7.97. The molecule has 0 spiro atoms. The highest BCUT2D eigenvalue weighted by molar-refractivity contribution is 4.77. The van der Waals surface area contributed by atoms with E-state index in [1.807, 2.05) is 0 Å². The second kappa shape index (κ2) is 4.13. The predicted molar refractivity (Wildman–Crippen MR) is 50.3 cm³/mol. The summed E-state index contributed by atoms with van der Waals surface area (Å²) in [4.78, 5) is 0. The van der Waals surface area contributed by atoms with Crippen molar-refractivity contribution < 1.29 is 0 Å². The summed E-state index contributed by atoms with van der Waals surface area (Å²) in [6.45, 7) is 8.76. The molecule has 0 N–H and O–H groups in total. The van der Waals surface area contributed by atoms with Gasteiger partial charge in [-0.1, -0.05) is 52.9 Å². The van der Waals surface area contributed by atoms with Crippen molar-refractivity contribution in [2.24, 2.45) is 17.8 Å². The van der Waals surface area contributed by atoms with Gasteiger partial charge in [0.05, 0.1) is 0 Å². The molecule has 0 bridgehead atoms. The minimum atomic E-state index is 0.950. The van der Waals surface area contributed by atoms with E-state index in [0.717, 1.165) is 24.2 Å². The minimum absolute atomic E-state index is 0.950. The topological polar surface area (TPSA) is 0 Å². The van der Waals surface area contributed by atoms with Crippen LogP contribution in [0, 0.1) is 24.7 Å². The molecule has 0 aromatic heterocycles. The highest BCUT2D eigenvalue weighted by Gasteiger charge is 2.25. The van der Waals surface area contributed by atoms with Gasteiger partial charge in [0, 0.05) is 0 Å². The molecule has 0 heterocycles. The van der Waals surface area contributed by atoms with Gasteiger partial charge in [-0.05, 0) is 17.8 Å². The van der Waals surface area contributed by atoms with Crippen LogP contribution in [0.25, 0.3) is 0 Å². The van der Waals surface area contributed by atoms with Gasteiger partial charge in [-0.2, -0.15) is 0 Å². The van der Waals surface area contributed by atoms with Crippen LogP contribution in [-0.4, -0.2) is 0 Å². The molecule has 0 saturated heterocycles. The molecule has 0 aromatic rings. The van der Waals surface area contributed by atoms with Gasteiger partial charge in [-0.25, -0.2) is 0 Å². The molecule has 0 nitrogen and oxygen atoms in total. The molecular formula is C11H21. The second-order valence-electron chi connectivity index (χ2n) is 4.17. The van der Waals surface area contributed by atoms with E-state index in [1.54, 1.807) is 0 Å². The first-order valence-electron chi connectivity index (χ1n) is 5.05. The van der Waals surface area contributed by atoms with E-state index in [0.29, 0.717) is 0 Å². The Morgan fingerprint density at radius 3 is 2.64 bits per heavy atom. The van der Waals surface area contributed by atoms with Gasteiger partial charge >= 0.3 is 0 Å². The molecule has 0 aliphatic heterocycles. The highest BCUT2D eigenvalue weighted by Crippen LogP contribution is 2.36. The van der Waals surface area contributed by atoms with Crippen molar-refractivity contribution in [3.05, 3.63) is 6.92 Å². The van der Waals surface area contributed by atoms with E-state index in [4.69, 9.17) is 0 Å². The van der Waals surface area contributed by atoms with Crippen LogP contribution in [0.5, 0.6) is 0 Å². The lowest BCUT2D eigenvalue weighted by atomic mass is 9.72. The number of hydrogen-bond donors (Lipinski definition) is 0. The van der Waals surface area contributed by atoms with Crippen molar-refractivity contribution in [1.82, 2.24) is 0 Å². The molecular weight excluding hydrogens is 132 g/mol. The van der Waals surface area contributed by atoms with Crippen LogP contribution in [0.3, 0.4) is 0 Å². The zero-order chi connectivity index (χ0) is 8.27. The van der Waals surface area contributed by atoms with Gasteiger partial charge in [0.2, 0.25) is 0 Å². The van der Waals surface area contributed by atoms with E-state index in [9.17, 15) is 0 Å². The summed E-state index contributed by atoms with van der Waals surface area (Å²) in [5.74, 6) is 2.89. The summed E-state index contributed by atoms with van der Waals surface area (Å²) in [5, 5.41) is 0. The molecule has 3 unspecified atom stereocenters. The second-order valence-corrected chi connectivity index (χ2v) is 4.17. The Labute approximate surface area is 71.4 Å². The first kappa shape index (κ1) is 9.09. The Bertz CT molecular complexity index is 105. The fourth-order valence-corrected chi connectivity index (χ4v) is 2.36. The van der Waals surface area contributed by atoms with E-state index in [2.05, 4.69) is 20.8 Å². The molecule has 65 valence electrons. The van der Waals surface area contributed by atoms with Crippen LogP contribution in [0.2, 0.25) is 0 Å². The largest absolute Gasteiger partial charge is 0.0622 e. The summed E-state index contributed by atoms with van der Waals surface area (Å²) >= 11 is 0. The molecule has 1 aliphatic carbocycles. The number of rotatable bonds is 2. The molecule has 0 aromatic carbocycles. The van der Waals surface area contributed by atoms with Gasteiger partial charge in [-0.3, -0.25) is 0 Å². The molecule has 3 atom stereocenters. The fraction of sp³-hybridized carbons (Fsp3) is 0.909. The smallest absolute Gasteiger partial charge is 0.0386 e. The van der Waals surface area contributed by atoms with E-state index < -0.39 is 0 Å². The lowest BCUT2D eigenvalue weighted by Gasteiger charge is -2.33. The lowest BCUT2D eigenvalue weighted by Crippen LogP contribution is -2.23. The number of hydrogen-bond acceptors (Lipinski definition) is 0. The molecule has 1 radical (unpaired) electrons. The molecule has 1 fully saturated rings. The molecule has 11 heavy (non-hydrogen) atoms. The third-order valence-electron chi connectivity index (χ3n) is 3.45. The zero-order valence-electron chi connectivity index (χ0n) is 7.97. The monoisotopic (exact) mass is 153 g/mol. The average Bonchev–Trinajstić information content (AvgIpc) is 1.99. The standard InChI is InChI=1S/C11H21/c1-4-6-11-8-5-7-9(2)10(11)3/h9-11H,1,4-8H2,2-3H3. The molecule has 0 heteroatoms. The Balaban J connectivity index is 2.38. The maximum Gasteiger partial charge on any atom is -0.0386 e. The Morgan fingerprint density at radius 1 is 1.27 bits per heavy atom. The minimum Gasteiger partial charge on any atom is -0.0622 e. The maximum absolute atomic E-state index is 3.94. The summed E-state index contributed by atoms with van der Waals surface area (Å²) in [6.07, 6.45) is 6.85. The van der Waals surface area contributed by atoms with Crippen molar-refractivity contribution in [3.63, 3.8) is 0 Å². The molecule has 1 rings (SSSR count). The van der Waals surface area contributed by atoms with E-state index >= 15 is 0 Å². The third-order valence-corrected chi connectivity index (χ3v) is 3.45. The predicted octanol–water partition coefficient (Wildman–Crippen LogP) is 3.67. The van der Waals surface area contributed by atoms with Crippen molar-refractivity contribution in [1.29, 1.82) is 0 Å².